The topological polar surface area (TPSA) is 77.8 Å². The monoisotopic (exact) mass is 237 g/mol. The fourth-order valence-corrected chi connectivity index (χ4v) is 2.24. The molecule has 0 aromatic rings. The smallest absolute Gasteiger partial charge is 0.235 e. The average molecular weight is 237 g/mol. The number of aliphatic hydroxyl groups excluding tert-OH is 2. The minimum Gasteiger partial charge on any atom is -0.394 e. The van der Waals surface area contributed by atoms with Crippen molar-refractivity contribution in [3.8, 4) is 0 Å². The number of nitrogens with zero attached hydrogens (tertiary/aromatic N) is 1. The molecule has 0 spiro atoms. The van der Waals surface area contributed by atoms with Gasteiger partial charge >= 0.3 is 0 Å². The predicted octanol–water partition coefficient (Wildman–Crippen LogP) is -1.04. The molecule has 2 N–H and O–H groups in total. The van der Waals surface area contributed by atoms with Crippen molar-refractivity contribution in [2.75, 3.05) is 31.2 Å². The predicted molar refractivity (Wildman–Crippen MR) is 58.9 cm³/mol. The number of aliphatic hydroxyl groups is 2. The Bertz CT molecular complexity index is 218. The van der Waals surface area contributed by atoms with Gasteiger partial charge in [0.1, 0.15) is 5.75 Å². The number of hydrogen-bond acceptors (Lipinski definition) is 4. The molecule has 0 aliphatic heterocycles. The van der Waals surface area contributed by atoms with Gasteiger partial charge in [0.2, 0.25) is 5.91 Å². The molecule has 0 aliphatic rings. The molecule has 0 rings (SSSR count). The third-order valence-electron chi connectivity index (χ3n) is 1.99. The lowest BCUT2D eigenvalue weighted by Crippen LogP contribution is -2.35. The van der Waals surface area contributed by atoms with E-state index in [0.717, 1.165) is 0 Å². The van der Waals surface area contributed by atoms with Crippen molar-refractivity contribution in [2.24, 2.45) is 0 Å². The fraction of sp³-hybridized carbons (Fsp3) is 0.889. The Labute approximate surface area is 92.5 Å². The van der Waals surface area contributed by atoms with E-state index in [1.54, 1.807) is 4.90 Å². The van der Waals surface area contributed by atoms with Crippen molar-refractivity contribution < 1.29 is 19.2 Å². The van der Waals surface area contributed by atoms with Crippen molar-refractivity contribution >= 4 is 16.7 Å². The molecule has 0 bridgehead atoms. The zero-order valence-corrected chi connectivity index (χ0v) is 10.00. The summed E-state index contributed by atoms with van der Waals surface area (Å²) < 4.78 is 11.4. The molecule has 1 amide bonds. The summed E-state index contributed by atoms with van der Waals surface area (Å²) in [5.41, 5.74) is 0. The van der Waals surface area contributed by atoms with Crippen LogP contribution in [0, 0.1) is 0 Å². The Morgan fingerprint density at radius 1 is 1.40 bits per heavy atom. The lowest BCUT2D eigenvalue weighted by Gasteiger charge is -2.18. The number of carbonyl (C=O) groups is 1. The number of rotatable bonds is 7. The number of amides is 1. The van der Waals surface area contributed by atoms with Gasteiger partial charge in [-0.15, -0.1) is 0 Å². The minimum atomic E-state index is -1.41. The highest BCUT2D eigenvalue weighted by atomic mass is 32.2. The molecule has 5 nitrogen and oxygen atoms in total. The lowest BCUT2D eigenvalue weighted by atomic mass is 10.4. The summed E-state index contributed by atoms with van der Waals surface area (Å²) in [5, 5.41) is 17.6. The van der Waals surface area contributed by atoms with E-state index in [9.17, 15) is 9.00 Å². The highest BCUT2D eigenvalue weighted by Crippen LogP contribution is 1.95. The molecule has 2 unspecified atom stereocenters. The Hall–Kier alpha value is -0.460. The van der Waals surface area contributed by atoms with Crippen LogP contribution in [0.1, 0.15) is 13.8 Å². The molecule has 0 fully saturated rings. The maximum Gasteiger partial charge on any atom is 0.235 e. The van der Waals surface area contributed by atoms with Crippen molar-refractivity contribution in [1.29, 1.82) is 0 Å². The molecule has 15 heavy (non-hydrogen) atoms. The zero-order chi connectivity index (χ0) is 11.8. The lowest BCUT2D eigenvalue weighted by molar-refractivity contribution is -0.128. The number of carbonyl (C=O) groups excluding carboxylic acids is 1. The van der Waals surface area contributed by atoms with E-state index in [2.05, 4.69) is 0 Å². The first kappa shape index (κ1) is 14.5. The third kappa shape index (κ3) is 5.86. The second-order valence-electron chi connectivity index (χ2n) is 3.15. The van der Waals surface area contributed by atoms with E-state index in [-0.39, 0.29) is 17.4 Å². The van der Waals surface area contributed by atoms with Gasteiger partial charge < -0.3 is 15.1 Å². The van der Waals surface area contributed by atoms with Gasteiger partial charge in [-0.1, -0.05) is 0 Å². The normalized spacial score (nSPS) is 14.7. The third-order valence-corrected chi connectivity index (χ3v) is 3.32. The largest absolute Gasteiger partial charge is 0.394 e. The van der Waals surface area contributed by atoms with Gasteiger partial charge in [-0.25, -0.2) is 0 Å². The van der Waals surface area contributed by atoms with Gasteiger partial charge in [0, 0.05) is 23.9 Å². The maximum atomic E-state index is 11.5. The van der Waals surface area contributed by atoms with Gasteiger partial charge in [-0.3, -0.25) is 9.00 Å². The summed E-state index contributed by atoms with van der Waals surface area (Å²) in [6, 6.07) is 0. The summed E-state index contributed by atoms with van der Waals surface area (Å²) >= 11 is 0. The standard InChI is InChI=1S/C9H19NO4S/c1-3-10(4-2)9(13)7-15(14)6-8(12)5-11/h8,11-12H,3-7H2,1-2H3. The molecule has 0 saturated heterocycles. The molecule has 0 aliphatic carbocycles. The van der Waals surface area contributed by atoms with E-state index in [1.807, 2.05) is 13.8 Å². The summed E-state index contributed by atoms with van der Waals surface area (Å²) in [5.74, 6) is -0.314. The van der Waals surface area contributed by atoms with Gasteiger partial charge in [-0.2, -0.15) is 0 Å². The molecular weight excluding hydrogens is 218 g/mol. The molecule has 0 radical (unpaired) electrons. The summed E-state index contributed by atoms with van der Waals surface area (Å²) in [4.78, 5) is 13.1. The van der Waals surface area contributed by atoms with Crippen LogP contribution in [0.5, 0.6) is 0 Å². The Kier molecular flexibility index (Phi) is 7.54. The molecule has 6 heteroatoms. The minimum absolute atomic E-state index is 0.0521. The quantitative estimate of drug-likeness (QED) is 0.593. The second kappa shape index (κ2) is 7.78. The molecule has 0 saturated carbocycles. The van der Waals surface area contributed by atoms with Crippen LogP contribution < -0.4 is 0 Å². The number of hydrogen-bond donors (Lipinski definition) is 2. The van der Waals surface area contributed by atoms with E-state index < -0.39 is 23.5 Å². The van der Waals surface area contributed by atoms with Crippen molar-refractivity contribution in [3.63, 3.8) is 0 Å². The Balaban J connectivity index is 4.00. The highest BCUT2D eigenvalue weighted by Gasteiger charge is 2.15. The van der Waals surface area contributed by atoms with Crippen LogP contribution in [0.15, 0.2) is 0 Å². The first-order chi connectivity index (χ1) is 7.04. The van der Waals surface area contributed by atoms with Crippen LogP contribution in [-0.4, -0.2) is 62.5 Å². The van der Waals surface area contributed by atoms with Gasteiger partial charge in [0.05, 0.1) is 18.5 Å². The van der Waals surface area contributed by atoms with Crippen molar-refractivity contribution in [1.82, 2.24) is 4.90 Å². The summed E-state index contributed by atoms with van der Waals surface area (Å²) in [6.45, 7) is 4.47. The fourth-order valence-electron chi connectivity index (χ4n) is 1.13. The molecule has 2 atom stereocenters. The molecule has 0 aromatic heterocycles. The van der Waals surface area contributed by atoms with Crippen molar-refractivity contribution in [3.05, 3.63) is 0 Å². The van der Waals surface area contributed by atoms with E-state index in [4.69, 9.17) is 10.2 Å². The van der Waals surface area contributed by atoms with Crippen LogP contribution in [-0.2, 0) is 15.6 Å². The van der Waals surface area contributed by atoms with Gasteiger partial charge in [0.15, 0.2) is 0 Å². The average Bonchev–Trinajstić information content (AvgIpc) is 2.19. The van der Waals surface area contributed by atoms with E-state index >= 15 is 0 Å². The molecular formula is C9H19NO4S. The van der Waals surface area contributed by atoms with Crippen LogP contribution in [0.25, 0.3) is 0 Å². The first-order valence-electron chi connectivity index (χ1n) is 4.96. The van der Waals surface area contributed by atoms with Gasteiger partial charge in [0.25, 0.3) is 0 Å². The maximum absolute atomic E-state index is 11.5. The van der Waals surface area contributed by atoms with Crippen LogP contribution >= 0.6 is 0 Å². The van der Waals surface area contributed by atoms with Crippen LogP contribution in [0.4, 0.5) is 0 Å². The van der Waals surface area contributed by atoms with E-state index in [0.29, 0.717) is 13.1 Å². The zero-order valence-electron chi connectivity index (χ0n) is 9.18. The molecule has 90 valence electrons. The van der Waals surface area contributed by atoms with Crippen molar-refractivity contribution in [2.45, 2.75) is 20.0 Å². The Morgan fingerprint density at radius 3 is 2.33 bits per heavy atom. The SMILES string of the molecule is CCN(CC)C(=O)CS(=O)CC(O)CO. The van der Waals surface area contributed by atoms with Gasteiger partial charge in [-0.05, 0) is 13.8 Å². The van der Waals surface area contributed by atoms with Crippen LogP contribution in [0.2, 0.25) is 0 Å². The van der Waals surface area contributed by atoms with Crippen LogP contribution in [0.3, 0.4) is 0 Å². The molecule has 0 heterocycles. The summed E-state index contributed by atoms with van der Waals surface area (Å²) in [7, 11) is -1.41. The highest BCUT2D eigenvalue weighted by molar-refractivity contribution is 7.85. The van der Waals surface area contributed by atoms with E-state index in [1.165, 1.54) is 0 Å². The Morgan fingerprint density at radius 2 is 1.93 bits per heavy atom. The summed E-state index contributed by atoms with van der Waals surface area (Å²) in [6.07, 6.45) is -1.00. The molecule has 0 aromatic carbocycles. The second-order valence-corrected chi connectivity index (χ2v) is 4.65. The first-order valence-corrected chi connectivity index (χ1v) is 6.45.